The first-order chi connectivity index (χ1) is 10.1. The van der Waals surface area contributed by atoms with Gasteiger partial charge in [-0.3, -0.25) is 0 Å². The van der Waals surface area contributed by atoms with Crippen molar-refractivity contribution < 1.29 is 4.39 Å². The molecule has 0 fully saturated rings. The highest BCUT2D eigenvalue weighted by atomic mass is 79.9. The molecule has 0 aliphatic rings. The number of fused-ring (bicyclic) bond motifs is 1. The zero-order valence-electron chi connectivity index (χ0n) is 11.0. The predicted molar refractivity (Wildman–Crippen MR) is 89.1 cm³/mol. The predicted octanol–water partition coefficient (Wildman–Crippen LogP) is 5.44. The molecule has 21 heavy (non-hydrogen) atoms. The van der Waals surface area contributed by atoms with Crippen LogP contribution in [0.15, 0.2) is 59.1 Å². The van der Waals surface area contributed by atoms with Gasteiger partial charge in [-0.05, 0) is 50.5 Å². The summed E-state index contributed by atoms with van der Waals surface area (Å²) in [7, 11) is 0. The van der Waals surface area contributed by atoms with Gasteiger partial charge in [-0.25, -0.2) is 4.39 Å². The van der Waals surface area contributed by atoms with E-state index in [1.165, 1.54) is 6.07 Å². The number of rotatable bonds is 2. The SMILES string of the molecule is NC(c1ccc2ccccc2c1)c1cc(Cl)c(Br)cc1F. The molecule has 0 radical (unpaired) electrons. The normalized spacial score (nSPS) is 12.6. The second-order valence-electron chi connectivity index (χ2n) is 4.87. The van der Waals surface area contributed by atoms with Crippen molar-refractivity contribution >= 4 is 38.3 Å². The number of benzene rings is 3. The van der Waals surface area contributed by atoms with Gasteiger partial charge in [0.2, 0.25) is 0 Å². The molecule has 0 spiro atoms. The molecule has 0 aliphatic carbocycles. The maximum atomic E-state index is 14.1. The Morgan fingerprint density at radius 1 is 1.00 bits per heavy atom. The van der Waals surface area contributed by atoms with Gasteiger partial charge in [0.25, 0.3) is 0 Å². The van der Waals surface area contributed by atoms with Crippen LogP contribution in [0.5, 0.6) is 0 Å². The second kappa shape index (κ2) is 5.76. The fraction of sp³-hybridized carbons (Fsp3) is 0.0588. The van der Waals surface area contributed by atoms with Gasteiger partial charge in [-0.15, -0.1) is 0 Å². The molecular weight excluding hydrogens is 353 g/mol. The standard InChI is InChI=1S/C17H12BrClFN/c18-14-9-16(20)13(8-15(14)19)17(21)12-6-5-10-3-1-2-4-11(10)7-12/h1-9,17H,21H2. The van der Waals surface area contributed by atoms with E-state index in [1.54, 1.807) is 6.07 Å². The van der Waals surface area contributed by atoms with Crippen molar-refractivity contribution in [3.63, 3.8) is 0 Å². The molecule has 0 heterocycles. The third-order valence-electron chi connectivity index (χ3n) is 3.51. The Morgan fingerprint density at radius 2 is 1.71 bits per heavy atom. The van der Waals surface area contributed by atoms with Crippen LogP contribution < -0.4 is 5.73 Å². The average molecular weight is 365 g/mol. The Bertz CT molecular complexity index is 819. The second-order valence-corrected chi connectivity index (χ2v) is 6.13. The number of hydrogen-bond acceptors (Lipinski definition) is 1. The average Bonchev–Trinajstić information content (AvgIpc) is 2.50. The van der Waals surface area contributed by atoms with Crippen molar-refractivity contribution in [2.45, 2.75) is 6.04 Å². The summed E-state index contributed by atoms with van der Waals surface area (Å²) in [5, 5.41) is 2.65. The quantitative estimate of drug-likeness (QED) is 0.602. The summed E-state index contributed by atoms with van der Waals surface area (Å²) in [5.41, 5.74) is 7.45. The van der Waals surface area contributed by atoms with Gasteiger partial charge in [-0.1, -0.05) is 48.0 Å². The molecule has 2 N–H and O–H groups in total. The third-order valence-corrected chi connectivity index (χ3v) is 4.70. The smallest absolute Gasteiger partial charge is 0.129 e. The minimum absolute atomic E-state index is 0.369. The van der Waals surface area contributed by atoms with E-state index in [1.807, 2.05) is 42.5 Å². The molecular formula is C17H12BrClFN. The Balaban J connectivity index is 2.07. The topological polar surface area (TPSA) is 26.0 Å². The molecule has 0 saturated carbocycles. The fourth-order valence-electron chi connectivity index (χ4n) is 2.36. The molecule has 1 unspecified atom stereocenters. The zero-order valence-corrected chi connectivity index (χ0v) is 13.3. The van der Waals surface area contributed by atoms with Crippen LogP contribution in [0.25, 0.3) is 10.8 Å². The van der Waals surface area contributed by atoms with Crippen LogP contribution in [0.1, 0.15) is 17.2 Å². The first kappa shape index (κ1) is 14.5. The lowest BCUT2D eigenvalue weighted by Crippen LogP contribution is -2.13. The van der Waals surface area contributed by atoms with Gasteiger partial charge in [-0.2, -0.15) is 0 Å². The lowest BCUT2D eigenvalue weighted by atomic mass is 9.96. The summed E-state index contributed by atoms with van der Waals surface area (Å²) in [4.78, 5) is 0. The monoisotopic (exact) mass is 363 g/mol. The van der Waals surface area contributed by atoms with Crippen LogP contribution in [-0.2, 0) is 0 Å². The van der Waals surface area contributed by atoms with Crippen LogP contribution >= 0.6 is 27.5 Å². The first-order valence-corrected chi connectivity index (χ1v) is 7.62. The molecule has 3 rings (SSSR count). The summed E-state index contributed by atoms with van der Waals surface area (Å²) < 4.78 is 14.6. The van der Waals surface area contributed by atoms with Crippen LogP contribution in [-0.4, -0.2) is 0 Å². The van der Waals surface area contributed by atoms with Crippen LogP contribution in [0, 0.1) is 5.82 Å². The molecule has 0 saturated heterocycles. The van der Waals surface area contributed by atoms with Gasteiger partial charge in [0.05, 0.1) is 11.1 Å². The first-order valence-electron chi connectivity index (χ1n) is 6.45. The number of nitrogens with two attached hydrogens (primary N) is 1. The van der Waals surface area contributed by atoms with Gasteiger partial charge < -0.3 is 5.73 Å². The Kier molecular flexibility index (Phi) is 3.98. The molecule has 106 valence electrons. The van der Waals surface area contributed by atoms with Crippen molar-refractivity contribution in [2.24, 2.45) is 5.73 Å². The van der Waals surface area contributed by atoms with Gasteiger partial charge in [0, 0.05) is 10.0 Å². The van der Waals surface area contributed by atoms with Crippen LogP contribution in [0.4, 0.5) is 4.39 Å². The maximum Gasteiger partial charge on any atom is 0.129 e. The maximum absolute atomic E-state index is 14.1. The molecule has 0 amide bonds. The van der Waals surface area contributed by atoms with E-state index in [4.69, 9.17) is 17.3 Å². The zero-order chi connectivity index (χ0) is 15.0. The van der Waals surface area contributed by atoms with Crippen LogP contribution in [0.3, 0.4) is 0 Å². The Labute approximate surface area is 135 Å². The van der Waals surface area contributed by atoms with E-state index in [2.05, 4.69) is 15.9 Å². The van der Waals surface area contributed by atoms with E-state index < -0.39 is 6.04 Å². The largest absolute Gasteiger partial charge is 0.320 e. The van der Waals surface area contributed by atoms with E-state index in [9.17, 15) is 4.39 Å². The molecule has 4 heteroatoms. The minimum atomic E-state index is -0.555. The fourth-order valence-corrected chi connectivity index (χ4v) is 2.84. The molecule has 0 aromatic heterocycles. The molecule has 3 aromatic carbocycles. The van der Waals surface area contributed by atoms with Crippen molar-refractivity contribution in [3.8, 4) is 0 Å². The van der Waals surface area contributed by atoms with Crippen molar-refractivity contribution in [1.82, 2.24) is 0 Å². The van der Waals surface area contributed by atoms with E-state index in [0.29, 0.717) is 15.1 Å². The number of hydrogen-bond donors (Lipinski definition) is 1. The molecule has 3 aromatic rings. The molecule has 0 aliphatic heterocycles. The Hall–Kier alpha value is -1.42. The van der Waals surface area contributed by atoms with E-state index in [-0.39, 0.29) is 5.82 Å². The highest BCUT2D eigenvalue weighted by Gasteiger charge is 2.16. The molecule has 1 atom stereocenters. The van der Waals surface area contributed by atoms with Gasteiger partial charge >= 0.3 is 0 Å². The summed E-state index contributed by atoms with van der Waals surface area (Å²) in [5.74, 6) is -0.369. The van der Waals surface area contributed by atoms with Crippen molar-refractivity contribution in [2.75, 3.05) is 0 Å². The van der Waals surface area contributed by atoms with Gasteiger partial charge in [0.15, 0.2) is 0 Å². The minimum Gasteiger partial charge on any atom is -0.320 e. The number of halogens is 3. The summed E-state index contributed by atoms with van der Waals surface area (Å²) in [6.07, 6.45) is 0. The van der Waals surface area contributed by atoms with E-state index >= 15 is 0 Å². The molecule has 1 nitrogen and oxygen atoms in total. The lowest BCUT2D eigenvalue weighted by molar-refractivity contribution is 0.599. The lowest BCUT2D eigenvalue weighted by Gasteiger charge is -2.15. The highest BCUT2D eigenvalue weighted by molar-refractivity contribution is 9.10. The van der Waals surface area contributed by atoms with Crippen molar-refractivity contribution in [1.29, 1.82) is 0 Å². The molecule has 0 bridgehead atoms. The van der Waals surface area contributed by atoms with Gasteiger partial charge in [0.1, 0.15) is 5.82 Å². The van der Waals surface area contributed by atoms with E-state index in [0.717, 1.165) is 16.3 Å². The van der Waals surface area contributed by atoms with Crippen molar-refractivity contribution in [3.05, 3.63) is 81.0 Å². The van der Waals surface area contributed by atoms with Crippen LogP contribution in [0.2, 0.25) is 5.02 Å². The summed E-state index contributed by atoms with van der Waals surface area (Å²) in [6, 6.07) is 16.2. The highest BCUT2D eigenvalue weighted by Crippen LogP contribution is 2.31. The Morgan fingerprint density at radius 3 is 2.48 bits per heavy atom. The third kappa shape index (κ3) is 2.82. The summed E-state index contributed by atoms with van der Waals surface area (Å²) >= 11 is 9.25. The summed E-state index contributed by atoms with van der Waals surface area (Å²) in [6.45, 7) is 0.